The van der Waals surface area contributed by atoms with Crippen LogP contribution in [-0.4, -0.2) is 33.9 Å². The van der Waals surface area contributed by atoms with Gasteiger partial charge in [0, 0.05) is 24.8 Å². The summed E-state index contributed by atoms with van der Waals surface area (Å²) >= 11 is 0. The number of nitrogen functional groups attached to an aromatic ring is 1. The topological polar surface area (TPSA) is 148 Å². The average molecular weight is 467 g/mol. The van der Waals surface area contributed by atoms with Gasteiger partial charge in [0.25, 0.3) is 0 Å². The van der Waals surface area contributed by atoms with Gasteiger partial charge in [0.1, 0.15) is 5.84 Å². The standard InChI is InChI=1S/C24H26N4O4S/c1-32-15-21(24(29)28-14-16-5-4-6-19(13-16)23(25)26)18-11-9-17(10-12-18)20-7-2-3-8-22(20)33(27,30)31/h2-13,21H,14-15H2,1H3,(H3,25,26)(H,28,29)(H2,27,30,31). The number of hydrogen-bond donors (Lipinski definition) is 4. The lowest BCUT2D eigenvalue weighted by Crippen LogP contribution is -2.31. The average Bonchev–Trinajstić information content (AvgIpc) is 2.81. The Balaban J connectivity index is 1.79. The Hall–Kier alpha value is -3.53. The van der Waals surface area contributed by atoms with Crippen LogP contribution in [0, 0.1) is 5.41 Å². The minimum Gasteiger partial charge on any atom is -0.384 e. The van der Waals surface area contributed by atoms with E-state index in [1.54, 1.807) is 60.7 Å². The summed E-state index contributed by atoms with van der Waals surface area (Å²) in [5.74, 6) is -0.819. The van der Waals surface area contributed by atoms with Crippen LogP contribution in [0.3, 0.4) is 0 Å². The first-order valence-electron chi connectivity index (χ1n) is 10.1. The molecular formula is C24H26N4O4S. The van der Waals surface area contributed by atoms with E-state index in [1.165, 1.54) is 13.2 Å². The number of nitrogens with one attached hydrogen (secondary N) is 2. The molecule has 3 aromatic carbocycles. The SMILES string of the molecule is COCC(C(=O)NCc1cccc(C(=N)N)c1)c1ccc(-c2ccccc2S(N)(=O)=O)cc1. The number of nitrogens with two attached hydrogens (primary N) is 2. The molecule has 0 fully saturated rings. The number of primary sulfonamides is 1. The highest BCUT2D eigenvalue weighted by molar-refractivity contribution is 7.89. The molecule has 0 bridgehead atoms. The maximum absolute atomic E-state index is 12.9. The molecule has 1 amide bonds. The van der Waals surface area contributed by atoms with Crippen LogP contribution in [0.1, 0.15) is 22.6 Å². The molecule has 0 heterocycles. The lowest BCUT2D eigenvalue weighted by molar-refractivity contribution is -0.123. The summed E-state index contributed by atoms with van der Waals surface area (Å²) in [6.07, 6.45) is 0. The third-order valence-corrected chi connectivity index (χ3v) is 6.14. The van der Waals surface area contributed by atoms with Gasteiger partial charge in [0.05, 0.1) is 17.4 Å². The third-order valence-electron chi connectivity index (χ3n) is 5.17. The van der Waals surface area contributed by atoms with E-state index in [-0.39, 0.29) is 29.8 Å². The predicted octanol–water partition coefficient (Wildman–Crippen LogP) is 2.33. The number of amides is 1. The van der Waals surface area contributed by atoms with Crippen molar-refractivity contribution in [2.24, 2.45) is 10.9 Å². The first-order chi connectivity index (χ1) is 15.7. The Morgan fingerprint density at radius 1 is 1.06 bits per heavy atom. The van der Waals surface area contributed by atoms with Gasteiger partial charge < -0.3 is 15.8 Å². The van der Waals surface area contributed by atoms with Crippen LogP contribution in [0.25, 0.3) is 11.1 Å². The summed E-state index contributed by atoms with van der Waals surface area (Å²) in [7, 11) is -2.36. The molecule has 0 radical (unpaired) electrons. The van der Waals surface area contributed by atoms with Crippen LogP contribution in [0.5, 0.6) is 0 Å². The molecule has 3 aromatic rings. The van der Waals surface area contributed by atoms with Crippen LogP contribution < -0.4 is 16.2 Å². The number of carbonyl (C=O) groups excluding carboxylic acids is 1. The van der Waals surface area contributed by atoms with Crippen molar-refractivity contribution in [3.63, 3.8) is 0 Å². The van der Waals surface area contributed by atoms with Gasteiger partial charge in [-0.1, -0.05) is 60.7 Å². The first kappa shape index (κ1) is 24.1. The highest BCUT2D eigenvalue weighted by Gasteiger charge is 2.21. The van der Waals surface area contributed by atoms with Gasteiger partial charge in [-0.05, 0) is 28.8 Å². The molecule has 1 unspecified atom stereocenters. The summed E-state index contributed by atoms with van der Waals surface area (Å²) in [6, 6.07) is 20.7. The molecule has 8 nitrogen and oxygen atoms in total. The van der Waals surface area contributed by atoms with E-state index in [2.05, 4.69) is 5.32 Å². The van der Waals surface area contributed by atoms with E-state index in [9.17, 15) is 13.2 Å². The van der Waals surface area contributed by atoms with Crippen LogP contribution in [-0.2, 0) is 26.1 Å². The maximum Gasteiger partial charge on any atom is 0.238 e. The van der Waals surface area contributed by atoms with Crippen LogP contribution in [0.2, 0.25) is 0 Å². The molecule has 6 N–H and O–H groups in total. The van der Waals surface area contributed by atoms with E-state index in [0.29, 0.717) is 16.7 Å². The Bertz CT molecular complexity index is 1260. The zero-order valence-corrected chi connectivity index (χ0v) is 18.9. The third kappa shape index (κ3) is 6.04. The number of carbonyl (C=O) groups is 1. The Kier molecular flexibility index (Phi) is 7.59. The van der Waals surface area contributed by atoms with E-state index >= 15 is 0 Å². The monoisotopic (exact) mass is 466 g/mol. The fraction of sp³-hybridized carbons (Fsp3) is 0.167. The number of amidine groups is 1. The molecule has 0 saturated carbocycles. The quantitative estimate of drug-likeness (QED) is 0.282. The smallest absolute Gasteiger partial charge is 0.238 e. The van der Waals surface area contributed by atoms with E-state index in [4.69, 9.17) is 21.0 Å². The van der Waals surface area contributed by atoms with Gasteiger partial charge in [0.2, 0.25) is 15.9 Å². The second kappa shape index (κ2) is 10.4. The summed E-state index contributed by atoms with van der Waals surface area (Å²) in [6.45, 7) is 0.451. The fourth-order valence-corrected chi connectivity index (χ4v) is 4.26. The van der Waals surface area contributed by atoms with Crippen molar-refractivity contribution in [2.75, 3.05) is 13.7 Å². The van der Waals surface area contributed by atoms with Crippen molar-refractivity contribution in [1.82, 2.24) is 5.32 Å². The van der Waals surface area contributed by atoms with Crippen molar-refractivity contribution in [2.45, 2.75) is 17.4 Å². The lowest BCUT2D eigenvalue weighted by Gasteiger charge is -2.17. The first-order valence-corrected chi connectivity index (χ1v) is 11.7. The Labute approximate surface area is 193 Å². The molecule has 0 saturated heterocycles. The van der Waals surface area contributed by atoms with Crippen LogP contribution >= 0.6 is 0 Å². The van der Waals surface area contributed by atoms with E-state index in [1.807, 2.05) is 6.07 Å². The van der Waals surface area contributed by atoms with Crippen molar-refractivity contribution in [1.29, 1.82) is 5.41 Å². The van der Waals surface area contributed by atoms with Gasteiger partial charge in [-0.2, -0.15) is 0 Å². The predicted molar refractivity (Wildman–Crippen MR) is 127 cm³/mol. The summed E-state index contributed by atoms with van der Waals surface area (Å²) in [4.78, 5) is 13.0. The van der Waals surface area contributed by atoms with Gasteiger partial charge in [-0.15, -0.1) is 0 Å². The van der Waals surface area contributed by atoms with Gasteiger partial charge in [-0.25, -0.2) is 13.6 Å². The molecule has 0 aromatic heterocycles. The Morgan fingerprint density at radius 3 is 2.39 bits per heavy atom. The molecule has 0 aliphatic heterocycles. The number of benzene rings is 3. The Morgan fingerprint density at radius 2 is 1.76 bits per heavy atom. The number of ether oxygens (including phenoxy) is 1. The van der Waals surface area contributed by atoms with Crippen LogP contribution in [0.15, 0.2) is 77.7 Å². The summed E-state index contributed by atoms with van der Waals surface area (Å²) < 4.78 is 29.1. The number of methoxy groups -OCH3 is 1. The number of rotatable bonds is 9. The molecule has 9 heteroatoms. The van der Waals surface area contributed by atoms with Crippen molar-refractivity contribution in [3.8, 4) is 11.1 Å². The minimum atomic E-state index is -3.88. The molecule has 172 valence electrons. The fourth-order valence-electron chi connectivity index (χ4n) is 3.50. The van der Waals surface area contributed by atoms with Crippen molar-refractivity contribution >= 4 is 21.8 Å². The molecule has 0 aliphatic rings. The normalized spacial score (nSPS) is 12.2. The van der Waals surface area contributed by atoms with E-state index < -0.39 is 15.9 Å². The van der Waals surface area contributed by atoms with Crippen molar-refractivity contribution in [3.05, 3.63) is 89.5 Å². The number of sulfonamides is 1. The second-order valence-corrected chi connectivity index (χ2v) is 9.03. The van der Waals surface area contributed by atoms with E-state index in [0.717, 1.165) is 11.1 Å². The zero-order valence-electron chi connectivity index (χ0n) is 18.1. The van der Waals surface area contributed by atoms with Gasteiger partial charge >= 0.3 is 0 Å². The molecule has 0 aliphatic carbocycles. The van der Waals surface area contributed by atoms with Gasteiger partial charge in [-0.3, -0.25) is 10.2 Å². The second-order valence-electron chi connectivity index (χ2n) is 7.50. The highest BCUT2D eigenvalue weighted by Crippen LogP contribution is 2.28. The summed E-state index contributed by atoms with van der Waals surface area (Å²) in [5.41, 5.74) is 8.82. The maximum atomic E-state index is 12.9. The zero-order chi connectivity index (χ0) is 24.0. The van der Waals surface area contributed by atoms with Crippen LogP contribution in [0.4, 0.5) is 0 Å². The molecule has 1 atom stereocenters. The molecule has 0 spiro atoms. The highest BCUT2D eigenvalue weighted by atomic mass is 32.2. The minimum absolute atomic E-state index is 0.0375. The molecule has 33 heavy (non-hydrogen) atoms. The summed E-state index contributed by atoms with van der Waals surface area (Å²) in [5, 5.41) is 15.8. The van der Waals surface area contributed by atoms with Crippen molar-refractivity contribution < 1.29 is 17.9 Å². The molecule has 3 rings (SSSR count). The lowest BCUT2D eigenvalue weighted by atomic mass is 9.96. The number of hydrogen-bond acceptors (Lipinski definition) is 5. The molecular weight excluding hydrogens is 440 g/mol. The van der Waals surface area contributed by atoms with Gasteiger partial charge in [0.15, 0.2) is 0 Å². The largest absolute Gasteiger partial charge is 0.384 e.